The average molecular weight is 318 g/mol. The van der Waals surface area contributed by atoms with Gasteiger partial charge in [-0.1, -0.05) is 19.0 Å². The van der Waals surface area contributed by atoms with E-state index in [-0.39, 0.29) is 11.1 Å². The molecule has 2 atom stereocenters. The Hall–Kier alpha value is -0.815. The van der Waals surface area contributed by atoms with Gasteiger partial charge >= 0.3 is 0 Å². The molecule has 1 rings (SSSR count). The zero-order valence-electron chi connectivity index (χ0n) is 12.8. The van der Waals surface area contributed by atoms with Crippen LogP contribution in [-0.2, 0) is 16.9 Å². The van der Waals surface area contributed by atoms with E-state index in [1.165, 1.54) is 12.1 Å². The van der Waals surface area contributed by atoms with Gasteiger partial charge in [0.25, 0.3) is 5.92 Å². The molecule has 117 valence electrons. The minimum atomic E-state index is -3.09. The molecule has 0 bridgehead atoms. The van der Waals surface area contributed by atoms with Gasteiger partial charge in [-0.05, 0) is 32.4 Å². The van der Waals surface area contributed by atoms with E-state index in [1.54, 1.807) is 34.9 Å². The first-order valence-electron chi connectivity index (χ1n) is 6.62. The normalized spacial score (nSPS) is 15.6. The smallest absolute Gasteiger partial charge is 0.242 e. The third-order valence-corrected chi connectivity index (χ3v) is 4.55. The molecule has 0 saturated heterocycles. The summed E-state index contributed by atoms with van der Waals surface area (Å²) in [6.07, 6.45) is 0. The molecule has 2 unspecified atom stereocenters. The summed E-state index contributed by atoms with van der Waals surface area (Å²) in [4.78, 5) is 0. The lowest BCUT2D eigenvalue weighted by molar-refractivity contribution is 0.0171. The van der Waals surface area contributed by atoms with E-state index < -0.39 is 33.4 Å². The fourth-order valence-electron chi connectivity index (χ4n) is 1.66. The van der Waals surface area contributed by atoms with Gasteiger partial charge in [0.05, 0.1) is 15.7 Å². The topological polar surface area (TPSA) is 29.1 Å². The summed E-state index contributed by atoms with van der Waals surface area (Å²) in [6.45, 7) is 7.79. The zero-order valence-corrected chi connectivity index (χ0v) is 13.7. The lowest BCUT2D eigenvalue weighted by Gasteiger charge is -2.24. The van der Waals surface area contributed by atoms with E-state index in [9.17, 15) is 17.4 Å². The summed E-state index contributed by atoms with van der Waals surface area (Å²) in [7, 11) is 0.250. The second kappa shape index (κ2) is 6.52. The highest BCUT2D eigenvalue weighted by Gasteiger charge is 2.28. The number of halogens is 3. The molecule has 21 heavy (non-hydrogen) atoms. The maximum Gasteiger partial charge on any atom is 0.270 e. The van der Waals surface area contributed by atoms with Crippen LogP contribution in [0.25, 0.3) is 0 Å². The molecule has 7 heteroatoms. The first kappa shape index (κ1) is 18.2. The van der Waals surface area contributed by atoms with Crippen molar-refractivity contribution in [3.8, 4) is 0 Å². The van der Waals surface area contributed by atoms with Crippen molar-refractivity contribution in [3.63, 3.8) is 0 Å². The van der Waals surface area contributed by atoms with Crippen molar-refractivity contribution in [1.82, 2.24) is 4.72 Å². The number of rotatable bonds is 5. The minimum Gasteiger partial charge on any atom is -0.242 e. The number of hydrogen-bond donors (Lipinski definition) is 1. The summed E-state index contributed by atoms with van der Waals surface area (Å²) in [5.74, 6) is -4.44. The average Bonchev–Trinajstić information content (AvgIpc) is 2.33. The molecular weight excluding hydrogens is 298 g/mol. The second-order valence-electron chi connectivity index (χ2n) is 5.93. The predicted octanol–water partition coefficient (Wildman–Crippen LogP) is 3.74. The summed E-state index contributed by atoms with van der Waals surface area (Å²) >= 11 is 0. The molecule has 0 aliphatic carbocycles. The Morgan fingerprint density at radius 3 is 2.19 bits per heavy atom. The molecule has 1 N–H and O–H groups in total. The molecule has 0 heterocycles. The Kier molecular flexibility index (Phi) is 5.66. The van der Waals surface area contributed by atoms with Crippen molar-refractivity contribution in [2.24, 2.45) is 0 Å². The molecule has 0 aliphatic heterocycles. The first-order chi connectivity index (χ1) is 9.46. The van der Waals surface area contributed by atoms with Gasteiger partial charge in [-0.25, -0.2) is 22.1 Å². The Bertz CT molecular complexity index is 526. The Balaban J connectivity index is 3.05. The lowest BCUT2D eigenvalue weighted by Crippen LogP contribution is -2.37. The first-order valence-corrected chi connectivity index (χ1v) is 7.77. The van der Waals surface area contributed by atoms with Gasteiger partial charge in [0.15, 0.2) is 0 Å². The fourth-order valence-corrected chi connectivity index (χ4v) is 2.50. The van der Waals surface area contributed by atoms with Gasteiger partial charge in [0.1, 0.15) is 13.1 Å². The molecule has 0 amide bonds. The van der Waals surface area contributed by atoms with E-state index in [0.29, 0.717) is 0 Å². The summed E-state index contributed by atoms with van der Waals surface area (Å²) < 4.78 is 54.8. The quantitative estimate of drug-likeness (QED) is 0.823. The SMILES string of the molecule is C[B]C(NS(=O)C(C)(C)C)c1ccc(C(C)(F)F)cc1F. The van der Waals surface area contributed by atoms with Crippen molar-refractivity contribution in [3.05, 3.63) is 35.1 Å². The third kappa shape index (κ3) is 4.85. The van der Waals surface area contributed by atoms with Crippen LogP contribution in [0, 0.1) is 5.82 Å². The van der Waals surface area contributed by atoms with E-state index in [0.717, 1.165) is 13.0 Å². The number of hydrogen-bond acceptors (Lipinski definition) is 1. The highest BCUT2D eigenvalue weighted by Crippen LogP contribution is 2.29. The number of nitrogens with one attached hydrogen (secondary N) is 1. The van der Waals surface area contributed by atoms with Gasteiger partial charge in [-0.15, -0.1) is 0 Å². The Morgan fingerprint density at radius 2 is 1.81 bits per heavy atom. The van der Waals surface area contributed by atoms with Crippen LogP contribution in [0.1, 0.15) is 44.8 Å². The Morgan fingerprint density at radius 1 is 1.24 bits per heavy atom. The van der Waals surface area contributed by atoms with Crippen LogP contribution < -0.4 is 4.72 Å². The third-order valence-electron chi connectivity index (χ3n) is 2.97. The van der Waals surface area contributed by atoms with Crippen molar-refractivity contribution in [2.75, 3.05) is 0 Å². The number of benzene rings is 1. The van der Waals surface area contributed by atoms with E-state index in [2.05, 4.69) is 4.72 Å². The standard InChI is InChI=1S/C14H20BF3NOS/c1-13(2,3)21(20)19-12(15-5)10-7-6-9(8-11(10)16)14(4,17)18/h6-8,12,19H,1-5H3. The molecule has 0 fully saturated rings. The molecule has 1 aromatic rings. The second-order valence-corrected chi connectivity index (χ2v) is 7.93. The highest BCUT2D eigenvalue weighted by atomic mass is 32.2. The highest BCUT2D eigenvalue weighted by molar-refractivity contribution is 7.84. The molecule has 1 radical (unpaired) electrons. The lowest BCUT2D eigenvalue weighted by atomic mass is 9.69. The van der Waals surface area contributed by atoms with Crippen LogP contribution in [0.2, 0.25) is 6.82 Å². The summed E-state index contributed by atoms with van der Waals surface area (Å²) in [6, 6.07) is 3.32. The van der Waals surface area contributed by atoms with Gasteiger partial charge < -0.3 is 0 Å². The Labute approximate surface area is 127 Å². The van der Waals surface area contributed by atoms with Crippen LogP contribution >= 0.6 is 0 Å². The summed E-state index contributed by atoms with van der Waals surface area (Å²) in [5.41, 5.74) is -0.182. The van der Waals surface area contributed by atoms with Gasteiger partial charge in [-0.2, -0.15) is 0 Å². The van der Waals surface area contributed by atoms with E-state index >= 15 is 0 Å². The maximum atomic E-state index is 14.1. The zero-order chi connectivity index (χ0) is 16.4. The van der Waals surface area contributed by atoms with Crippen LogP contribution in [0.4, 0.5) is 13.2 Å². The van der Waals surface area contributed by atoms with Crippen LogP contribution in [-0.4, -0.2) is 16.2 Å². The van der Waals surface area contributed by atoms with Crippen LogP contribution in [0.15, 0.2) is 18.2 Å². The van der Waals surface area contributed by atoms with Crippen molar-refractivity contribution in [1.29, 1.82) is 0 Å². The minimum absolute atomic E-state index is 0.197. The van der Waals surface area contributed by atoms with E-state index in [1.807, 2.05) is 0 Å². The predicted molar refractivity (Wildman–Crippen MR) is 81.4 cm³/mol. The van der Waals surface area contributed by atoms with Gasteiger partial charge in [-0.3, -0.25) is 0 Å². The summed E-state index contributed by atoms with van der Waals surface area (Å²) in [5, 5.41) is 0. The van der Waals surface area contributed by atoms with Gasteiger partial charge in [0, 0.05) is 18.4 Å². The van der Waals surface area contributed by atoms with Gasteiger partial charge in [0.2, 0.25) is 0 Å². The van der Waals surface area contributed by atoms with Crippen LogP contribution in [0.3, 0.4) is 0 Å². The molecule has 2 nitrogen and oxygen atoms in total. The largest absolute Gasteiger partial charge is 0.270 e. The molecule has 0 saturated carbocycles. The van der Waals surface area contributed by atoms with Crippen LogP contribution in [0.5, 0.6) is 0 Å². The molecule has 0 aromatic heterocycles. The van der Waals surface area contributed by atoms with Crippen molar-refractivity contribution in [2.45, 2.75) is 51.1 Å². The number of alkyl halides is 2. The fraction of sp³-hybridized carbons (Fsp3) is 0.571. The molecular formula is C14H20BF3NOS. The van der Waals surface area contributed by atoms with Crippen molar-refractivity contribution < 1.29 is 17.4 Å². The molecule has 1 aromatic carbocycles. The van der Waals surface area contributed by atoms with E-state index in [4.69, 9.17) is 0 Å². The molecule has 0 spiro atoms. The monoisotopic (exact) mass is 318 g/mol. The van der Waals surface area contributed by atoms with Crippen molar-refractivity contribution >= 4 is 18.3 Å². The maximum absolute atomic E-state index is 14.1. The molecule has 0 aliphatic rings.